The predicted octanol–water partition coefficient (Wildman–Crippen LogP) is 1.38. The van der Waals surface area contributed by atoms with E-state index in [4.69, 9.17) is 4.74 Å². The van der Waals surface area contributed by atoms with Crippen LogP contribution in [-0.4, -0.2) is 67.1 Å². The van der Waals surface area contributed by atoms with E-state index in [-0.39, 0.29) is 18.3 Å². The van der Waals surface area contributed by atoms with Gasteiger partial charge in [-0.25, -0.2) is 0 Å². The SMILES string of the molecule is CC(Oc1ccccc1)C(=O)N1CCC(N2CCNCC2)C1.Cl. The molecule has 2 aliphatic rings. The average molecular weight is 340 g/mol. The number of rotatable bonds is 4. The van der Waals surface area contributed by atoms with Gasteiger partial charge < -0.3 is 15.0 Å². The maximum Gasteiger partial charge on any atom is 0.263 e. The lowest BCUT2D eigenvalue weighted by Crippen LogP contribution is -2.50. The minimum Gasteiger partial charge on any atom is -0.481 e. The summed E-state index contributed by atoms with van der Waals surface area (Å²) in [5.41, 5.74) is 0. The smallest absolute Gasteiger partial charge is 0.263 e. The Kier molecular flexibility index (Phi) is 6.69. The summed E-state index contributed by atoms with van der Waals surface area (Å²) >= 11 is 0. The molecule has 1 aromatic carbocycles. The van der Waals surface area contributed by atoms with Crippen LogP contribution in [0.15, 0.2) is 30.3 Å². The number of hydrogen-bond acceptors (Lipinski definition) is 4. The number of para-hydroxylation sites is 1. The summed E-state index contributed by atoms with van der Waals surface area (Å²) in [6, 6.07) is 10.1. The molecule has 2 fully saturated rings. The summed E-state index contributed by atoms with van der Waals surface area (Å²) in [6.45, 7) is 7.80. The largest absolute Gasteiger partial charge is 0.481 e. The minimum atomic E-state index is -0.427. The molecule has 6 heteroatoms. The molecule has 2 aliphatic heterocycles. The molecule has 1 aromatic rings. The lowest BCUT2D eigenvalue weighted by Gasteiger charge is -2.32. The van der Waals surface area contributed by atoms with Crippen molar-refractivity contribution in [1.29, 1.82) is 0 Å². The summed E-state index contributed by atoms with van der Waals surface area (Å²) < 4.78 is 5.75. The number of halogens is 1. The number of nitrogens with one attached hydrogen (secondary N) is 1. The molecule has 0 bridgehead atoms. The Morgan fingerprint density at radius 1 is 1.22 bits per heavy atom. The van der Waals surface area contributed by atoms with Crippen LogP contribution in [0.5, 0.6) is 5.75 Å². The van der Waals surface area contributed by atoms with Gasteiger partial charge in [0.25, 0.3) is 5.91 Å². The van der Waals surface area contributed by atoms with E-state index in [1.165, 1.54) is 0 Å². The van der Waals surface area contributed by atoms with Gasteiger partial charge in [-0.15, -0.1) is 12.4 Å². The number of hydrogen-bond donors (Lipinski definition) is 1. The summed E-state index contributed by atoms with van der Waals surface area (Å²) in [5.74, 6) is 0.850. The normalized spacial score (nSPS) is 23.2. The fraction of sp³-hybridized carbons (Fsp3) is 0.588. The summed E-state index contributed by atoms with van der Waals surface area (Å²) in [7, 11) is 0. The van der Waals surface area contributed by atoms with Crippen molar-refractivity contribution in [3.8, 4) is 5.75 Å². The van der Waals surface area contributed by atoms with Crippen LogP contribution in [-0.2, 0) is 4.79 Å². The van der Waals surface area contributed by atoms with Crippen LogP contribution in [0.4, 0.5) is 0 Å². The number of piperazine rings is 1. The highest BCUT2D eigenvalue weighted by Crippen LogP contribution is 2.19. The van der Waals surface area contributed by atoms with Crippen LogP contribution in [0.3, 0.4) is 0 Å². The summed E-state index contributed by atoms with van der Waals surface area (Å²) in [5, 5.41) is 3.38. The quantitative estimate of drug-likeness (QED) is 0.900. The van der Waals surface area contributed by atoms with Gasteiger partial charge >= 0.3 is 0 Å². The van der Waals surface area contributed by atoms with Crippen LogP contribution < -0.4 is 10.1 Å². The highest BCUT2D eigenvalue weighted by Gasteiger charge is 2.33. The van der Waals surface area contributed by atoms with Crippen LogP contribution in [0, 0.1) is 0 Å². The third kappa shape index (κ3) is 4.59. The lowest BCUT2D eigenvalue weighted by atomic mass is 10.2. The van der Waals surface area contributed by atoms with Gasteiger partial charge in [0, 0.05) is 45.3 Å². The monoisotopic (exact) mass is 339 g/mol. The van der Waals surface area contributed by atoms with Crippen LogP contribution >= 0.6 is 12.4 Å². The molecule has 0 radical (unpaired) electrons. The van der Waals surface area contributed by atoms with Crippen molar-refractivity contribution in [2.24, 2.45) is 0 Å². The van der Waals surface area contributed by atoms with Crippen molar-refractivity contribution < 1.29 is 9.53 Å². The summed E-state index contributed by atoms with van der Waals surface area (Å²) in [4.78, 5) is 17.0. The fourth-order valence-corrected chi connectivity index (χ4v) is 3.30. The molecule has 2 atom stereocenters. The number of ether oxygens (including phenoxy) is 1. The molecular weight excluding hydrogens is 314 g/mol. The maximum atomic E-state index is 12.5. The van der Waals surface area contributed by atoms with E-state index in [1.54, 1.807) is 0 Å². The Morgan fingerprint density at radius 2 is 1.91 bits per heavy atom. The number of amides is 1. The topological polar surface area (TPSA) is 44.8 Å². The second-order valence-corrected chi connectivity index (χ2v) is 6.09. The van der Waals surface area contributed by atoms with Crippen molar-refractivity contribution >= 4 is 18.3 Å². The van der Waals surface area contributed by atoms with Crippen LogP contribution in [0.25, 0.3) is 0 Å². The highest BCUT2D eigenvalue weighted by atomic mass is 35.5. The summed E-state index contributed by atoms with van der Waals surface area (Å²) in [6.07, 6.45) is 0.647. The third-order valence-corrected chi connectivity index (χ3v) is 4.55. The molecule has 2 saturated heterocycles. The van der Waals surface area contributed by atoms with Crippen LogP contribution in [0.1, 0.15) is 13.3 Å². The maximum absolute atomic E-state index is 12.5. The fourth-order valence-electron chi connectivity index (χ4n) is 3.30. The molecule has 0 aromatic heterocycles. The molecule has 0 aliphatic carbocycles. The Balaban J connectivity index is 0.00000192. The molecule has 0 spiro atoms. The molecule has 3 rings (SSSR count). The van der Waals surface area contributed by atoms with E-state index in [0.29, 0.717) is 6.04 Å². The Hall–Kier alpha value is -1.30. The molecule has 2 unspecified atom stereocenters. The number of carbonyl (C=O) groups excluding carboxylic acids is 1. The number of nitrogens with zero attached hydrogens (tertiary/aromatic N) is 2. The molecule has 2 heterocycles. The molecule has 5 nitrogen and oxygen atoms in total. The van der Waals surface area contributed by atoms with E-state index in [9.17, 15) is 4.79 Å². The molecule has 0 saturated carbocycles. The van der Waals surface area contributed by atoms with Gasteiger partial charge in [0.1, 0.15) is 5.75 Å². The van der Waals surface area contributed by atoms with Crippen molar-refractivity contribution in [3.63, 3.8) is 0 Å². The number of carbonyl (C=O) groups is 1. The first-order valence-electron chi connectivity index (χ1n) is 8.19. The van der Waals surface area contributed by atoms with Crippen molar-refractivity contribution in [2.45, 2.75) is 25.5 Å². The van der Waals surface area contributed by atoms with Gasteiger partial charge in [0.05, 0.1) is 0 Å². The average Bonchev–Trinajstić information content (AvgIpc) is 3.06. The Bertz CT molecular complexity index is 494. The van der Waals surface area contributed by atoms with Gasteiger partial charge in [-0.2, -0.15) is 0 Å². The predicted molar refractivity (Wildman–Crippen MR) is 93.2 cm³/mol. The molecular formula is C17H26ClN3O2. The highest BCUT2D eigenvalue weighted by molar-refractivity contribution is 5.85. The van der Waals surface area contributed by atoms with Crippen molar-refractivity contribution in [3.05, 3.63) is 30.3 Å². The zero-order chi connectivity index (χ0) is 15.4. The first-order valence-corrected chi connectivity index (χ1v) is 8.19. The van der Waals surface area contributed by atoms with Gasteiger partial charge in [0.15, 0.2) is 6.10 Å². The standard InChI is InChI=1S/C17H25N3O2.ClH/c1-14(22-16-5-3-2-4-6-16)17(21)20-10-7-15(13-20)19-11-8-18-9-12-19;/h2-6,14-15,18H,7-13H2,1H3;1H. The molecule has 23 heavy (non-hydrogen) atoms. The number of benzene rings is 1. The van der Waals surface area contributed by atoms with Crippen molar-refractivity contribution in [2.75, 3.05) is 39.3 Å². The van der Waals surface area contributed by atoms with E-state index in [0.717, 1.165) is 51.4 Å². The second kappa shape index (κ2) is 8.52. The second-order valence-electron chi connectivity index (χ2n) is 6.09. The van der Waals surface area contributed by atoms with E-state index in [2.05, 4.69) is 10.2 Å². The van der Waals surface area contributed by atoms with Gasteiger partial charge in [-0.3, -0.25) is 9.69 Å². The lowest BCUT2D eigenvalue weighted by molar-refractivity contribution is -0.137. The van der Waals surface area contributed by atoms with E-state index >= 15 is 0 Å². The van der Waals surface area contributed by atoms with Crippen molar-refractivity contribution in [1.82, 2.24) is 15.1 Å². The molecule has 1 N–H and O–H groups in total. The van der Waals surface area contributed by atoms with Gasteiger partial charge in [0.2, 0.25) is 0 Å². The molecule has 1 amide bonds. The van der Waals surface area contributed by atoms with Crippen LogP contribution in [0.2, 0.25) is 0 Å². The van der Waals surface area contributed by atoms with Gasteiger partial charge in [-0.05, 0) is 25.5 Å². The zero-order valence-corrected chi connectivity index (χ0v) is 14.4. The zero-order valence-electron chi connectivity index (χ0n) is 13.6. The number of likely N-dealkylation sites (tertiary alicyclic amines) is 1. The first-order chi connectivity index (χ1) is 10.7. The molecule has 128 valence electrons. The third-order valence-electron chi connectivity index (χ3n) is 4.55. The first kappa shape index (κ1) is 18.0. The Labute approximate surface area is 144 Å². The minimum absolute atomic E-state index is 0. The Morgan fingerprint density at radius 3 is 2.61 bits per heavy atom. The van der Waals surface area contributed by atoms with E-state index < -0.39 is 6.10 Å². The van der Waals surface area contributed by atoms with E-state index in [1.807, 2.05) is 42.2 Å². The van der Waals surface area contributed by atoms with Gasteiger partial charge in [-0.1, -0.05) is 18.2 Å².